The minimum atomic E-state index is -0.200. The average molecular weight is 345 g/mol. The SMILES string of the molecule is Nc1ccccc1C(CC(=O)NCc1ccccc1)Nc1ccccc1. The van der Waals surface area contributed by atoms with Crippen molar-refractivity contribution in [1.29, 1.82) is 0 Å². The van der Waals surface area contributed by atoms with Gasteiger partial charge >= 0.3 is 0 Å². The molecule has 4 nitrogen and oxygen atoms in total. The Kier molecular flexibility index (Phi) is 5.88. The molecule has 3 aromatic rings. The molecule has 0 aliphatic heterocycles. The Balaban J connectivity index is 1.71. The van der Waals surface area contributed by atoms with Crippen molar-refractivity contribution in [1.82, 2.24) is 5.32 Å². The maximum absolute atomic E-state index is 12.5. The van der Waals surface area contributed by atoms with E-state index in [0.29, 0.717) is 18.7 Å². The fourth-order valence-corrected chi connectivity index (χ4v) is 2.86. The number of amides is 1. The summed E-state index contributed by atoms with van der Waals surface area (Å²) in [5.41, 5.74) is 9.78. The van der Waals surface area contributed by atoms with Gasteiger partial charge in [-0.25, -0.2) is 0 Å². The number of carbonyl (C=O) groups excluding carboxylic acids is 1. The van der Waals surface area contributed by atoms with Gasteiger partial charge < -0.3 is 16.4 Å². The molecule has 3 aromatic carbocycles. The molecule has 1 amide bonds. The Hall–Kier alpha value is -3.27. The number of benzene rings is 3. The summed E-state index contributed by atoms with van der Waals surface area (Å²) < 4.78 is 0. The van der Waals surface area contributed by atoms with Gasteiger partial charge in [0.25, 0.3) is 0 Å². The van der Waals surface area contributed by atoms with Crippen molar-refractivity contribution in [3.05, 3.63) is 96.1 Å². The third-order valence-electron chi connectivity index (χ3n) is 4.21. The predicted molar refractivity (Wildman–Crippen MR) is 107 cm³/mol. The van der Waals surface area contributed by atoms with E-state index in [2.05, 4.69) is 10.6 Å². The minimum absolute atomic E-state index is 0.0227. The normalized spacial score (nSPS) is 11.5. The lowest BCUT2D eigenvalue weighted by molar-refractivity contribution is -0.121. The van der Waals surface area contributed by atoms with Crippen molar-refractivity contribution in [2.45, 2.75) is 19.0 Å². The van der Waals surface area contributed by atoms with Crippen LogP contribution in [0.15, 0.2) is 84.9 Å². The molecule has 4 N–H and O–H groups in total. The van der Waals surface area contributed by atoms with E-state index in [4.69, 9.17) is 5.73 Å². The Labute approximate surface area is 154 Å². The van der Waals surface area contributed by atoms with E-state index < -0.39 is 0 Å². The van der Waals surface area contributed by atoms with Crippen molar-refractivity contribution >= 4 is 17.3 Å². The summed E-state index contributed by atoms with van der Waals surface area (Å²) in [7, 11) is 0. The van der Waals surface area contributed by atoms with Crippen LogP contribution < -0.4 is 16.4 Å². The van der Waals surface area contributed by atoms with E-state index in [1.165, 1.54) is 0 Å². The summed E-state index contributed by atoms with van der Waals surface area (Å²) in [5, 5.41) is 6.41. The molecule has 0 bridgehead atoms. The number of nitrogens with two attached hydrogens (primary N) is 1. The van der Waals surface area contributed by atoms with Gasteiger partial charge in [-0.1, -0.05) is 66.7 Å². The zero-order chi connectivity index (χ0) is 18.2. The lowest BCUT2D eigenvalue weighted by Gasteiger charge is -2.21. The standard InChI is InChI=1S/C22H23N3O/c23-20-14-8-7-13-19(20)21(25-18-11-5-2-6-12-18)15-22(26)24-16-17-9-3-1-4-10-17/h1-14,21,25H,15-16,23H2,(H,24,26). The van der Waals surface area contributed by atoms with E-state index in [1.807, 2.05) is 84.9 Å². The molecule has 0 saturated carbocycles. The number of hydrogen-bond donors (Lipinski definition) is 3. The van der Waals surface area contributed by atoms with Gasteiger partial charge in [-0.05, 0) is 29.3 Å². The molecule has 0 fully saturated rings. The molecule has 0 saturated heterocycles. The quantitative estimate of drug-likeness (QED) is 0.564. The van der Waals surface area contributed by atoms with Crippen LogP contribution >= 0.6 is 0 Å². The molecule has 4 heteroatoms. The highest BCUT2D eigenvalue weighted by molar-refractivity contribution is 5.78. The second kappa shape index (κ2) is 8.72. The summed E-state index contributed by atoms with van der Waals surface area (Å²) in [6.07, 6.45) is 0.302. The van der Waals surface area contributed by atoms with Crippen molar-refractivity contribution in [2.24, 2.45) is 0 Å². The number of carbonyl (C=O) groups is 1. The lowest BCUT2D eigenvalue weighted by Crippen LogP contribution is -2.27. The second-order valence-corrected chi connectivity index (χ2v) is 6.16. The zero-order valence-electron chi connectivity index (χ0n) is 14.6. The molecule has 0 heterocycles. The first-order chi connectivity index (χ1) is 12.7. The summed E-state index contributed by atoms with van der Waals surface area (Å²) in [5.74, 6) is -0.0227. The monoisotopic (exact) mass is 345 g/mol. The number of nitrogens with one attached hydrogen (secondary N) is 2. The van der Waals surface area contributed by atoms with Gasteiger partial charge in [-0.15, -0.1) is 0 Å². The van der Waals surface area contributed by atoms with Gasteiger partial charge in [0.1, 0.15) is 0 Å². The van der Waals surface area contributed by atoms with Crippen LogP contribution in [0, 0.1) is 0 Å². The van der Waals surface area contributed by atoms with Crippen molar-refractivity contribution in [3.8, 4) is 0 Å². The van der Waals surface area contributed by atoms with Crippen LogP contribution in [0.4, 0.5) is 11.4 Å². The molecule has 26 heavy (non-hydrogen) atoms. The Morgan fingerprint density at radius 1 is 0.846 bits per heavy atom. The third-order valence-corrected chi connectivity index (χ3v) is 4.21. The minimum Gasteiger partial charge on any atom is -0.398 e. The second-order valence-electron chi connectivity index (χ2n) is 6.16. The number of para-hydroxylation sites is 2. The van der Waals surface area contributed by atoms with Crippen LogP contribution in [0.3, 0.4) is 0 Å². The van der Waals surface area contributed by atoms with E-state index in [1.54, 1.807) is 0 Å². The van der Waals surface area contributed by atoms with Gasteiger partial charge in [0, 0.05) is 17.9 Å². The van der Waals surface area contributed by atoms with Gasteiger partial charge in [0.05, 0.1) is 12.5 Å². The van der Waals surface area contributed by atoms with Crippen LogP contribution in [-0.2, 0) is 11.3 Å². The van der Waals surface area contributed by atoms with E-state index in [-0.39, 0.29) is 11.9 Å². The highest BCUT2D eigenvalue weighted by Gasteiger charge is 2.18. The first kappa shape index (κ1) is 17.5. The van der Waals surface area contributed by atoms with E-state index in [0.717, 1.165) is 16.8 Å². The third kappa shape index (κ3) is 4.86. The number of hydrogen-bond acceptors (Lipinski definition) is 3. The molecular weight excluding hydrogens is 322 g/mol. The number of nitrogen functional groups attached to an aromatic ring is 1. The molecule has 1 atom stereocenters. The topological polar surface area (TPSA) is 67.2 Å². The lowest BCUT2D eigenvalue weighted by atomic mass is 10.0. The molecule has 0 spiro atoms. The molecule has 1 unspecified atom stereocenters. The van der Waals surface area contributed by atoms with Crippen LogP contribution in [0.1, 0.15) is 23.6 Å². The molecule has 3 rings (SSSR count). The Morgan fingerprint density at radius 2 is 1.46 bits per heavy atom. The van der Waals surface area contributed by atoms with Crippen LogP contribution in [0.25, 0.3) is 0 Å². The first-order valence-electron chi connectivity index (χ1n) is 8.69. The molecular formula is C22H23N3O. The fourth-order valence-electron chi connectivity index (χ4n) is 2.86. The summed E-state index contributed by atoms with van der Waals surface area (Å²) in [4.78, 5) is 12.5. The predicted octanol–water partition coefficient (Wildman–Crippen LogP) is 4.13. The highest BCUT2D eigenvalue weighted by Crippen LogP contribution is 2.27. The Bertz CT molecular complexity index is 834. The van der Waals surface area contributed by atoms with Gasteiger partial charge in [-0.3, -0.25) is 4.79 Å². The molecule has 0 aliphatic rings. The van der Waals surface area contributed by atoms with Crippen LogP contribution in [0.2, 0.25) is 0 Å². The zero-order valence-corrected chi connectivity index (χ0v) is 14.6. The Morgan fingerprint density at radius 3 is 2.15 bits per heavy atom. The van der Waals surface area contributed by atoms with E-state index >= 15 is 0 Å². The van der Waals surface area contributed by atoms with Crippen molar-refractivity contribution in [2.75, 3.05) is 11.1 Å². The first-order valence-corrected chi connectivity index (χ1v) is 8.69. The van der Waals surface area contributed by atoms with Crippen LogP contribution in [-0.4, -0.2) is 5.91 Å². The number of rotatable bonds is 7. The molecule has 132 valence electrons. The molecule has 0 aliphatic carbocycles. The van der Waals surface area contributed by atoms with Gasteiger partial charge in [0.15, 0.2) is 0 Å². The van der Waals surface area contributed by atoms with Gasteiger partial charge in [-0.2, -0.15) is 0 Å². The fraction of sp³-hybridized carbons (Fsp3) is 0.136. The molecule has 0 aromatic heterocycles. The van der Waals surface area contributed by atoms with Crippen molar-refractivity contribution in [3.63, 3.8) is 0 Å². The maximum Gasteiger partial charge on any atom is 0.222 e. The van der Waals surface area contributed by atoms with Crippen LogP contribution in [0.5, 0.6) is 0 Å². The van der Waals surface area contributed by atoms with E-state index in [9.17, 15) is 4.79 Å². The largest absolute Gasteiger partial charge is 0.398 e. The summed E-state index contributed by atoms with van der Waals surface area (Å²) in [6, 6.07) is 27.2. The molecule has 0 radical (unpaired) electrons. The summed E-state index contributed by atoms with van der Waals surface area (Å²) in [6.45, 7) is 0.516. The summed E-state index contributed by atoms with van der Waals surface area (Å²) >= 11 is 0. The maximum atomic E-state index is 12.5. The highest BCUT2D eigenvalue weighted by atomic mass is 16.1. The smallest absolute Gasteiger partial charge is 0.222 e. The van der Waals surface area contributed by atoms with Gasteiger partial charge in [0.2, 0.25) is 5.91 Å². The number of anilines is 2. The van der Waals surface area contributed by atoms with Crippen molar-refractivity contribution < 1.29 is 4.79 Å². The average Bonchev–Trinajstić information content (AvgIpc) is 2.68.